The van der Waals surface area contributed by atoms with E-state index in [4.69, 9.17) is 9.47 Å². The van der Waals surface area contributed by atoms with Gasteiger partial charge in [0.1, 0.15) is 11.3 Å². The zero-order valence-electron chi connectivity index (χ0n) is 11.5. The Labute approximate surface area is 113 Å². The molecular formula is C16H18O3. The molecule has 0 bridgehead atoms. The number of carbonyl (C=O) groups excluding carboxylic acids is 1. The largest absolute Gasteiger partial charge is 0.493 e. The van der Waals surface area contributed by atoms with Gasteiger partial charge in [0.15, 0.2) is 0 Å². The molecule has 3 heteroatoms. The summed E-state index contributed by atoms with van der Waals surface area (Å²) in [4.78, 5) is 12.3. The Balaban J connectivity index is 2.58. The number of hydrogen-bond acceptors (Lipinski definition) is 3. The summed E-state index contributed by atoms with van der Waals surface area (Å²) in [5, 5.41) is 1.86. The Kier molecular flexibility index (Phi) is 4.05. The van der Waals surface area contributed by atoms with Crippen molar-refractivity contribution in [2.75, 3.05) is 6.61 Å². The van der Waals surface area contributed by atoms with Gasteiger partial charge >= 0.3 is 5.97 Å². The molecule has 3 nitrogen and oxygen atoms in total. The smallest absolute Gasteiger partial charge is 0.342 e. The molecule has 0 saturated heterocycles. The highest BCUT2D eigenvalue weighted by Crippen LogP contribution is 2.29. The number of hydrogen-bond donors (Lipinski definition) is 0. The predicted molar refractivity (Wildman–Crippen MR) is 75.7 cm³/mol. The number of ether oxygens (including phenoxy) is 2. The van der Waals surface area contributed by atoms with E-state index in [2.05, 4.69) is 0 Å². The van der Waals surface area contributed by atoms with Gasteiger partial charge in [-0.1, -0.05) is 30.3 Å². The average Bonchev–Trinajstić information content (AvgIpc) is 2.37. The first kappa shape index (κ1) is 13.4. The van der Waals surface area contributed by atoms with Crippen LogP contribution in [0, 0.1) is 0 Å². The first-order chi connectivity index (χ1) is 9.13. The van der Waals surface area contributed by atoms with Gasteiger partial charge in [-0.25, -0.2) is 4.79 Å². The van der Waals surface area contributed by atoms with Crippen molar-refractivity contribution in [1.29, 1.82) is 0 Å². The molecule has 0 aliphatic heterocycles. The minimum Gasteiger partial charge on any atom is -0.493 e. The molecule has 0 unspecified atom stereocenters. The first-order valence-electron chi connectivity index (χ1n) is 6.49. The van der Waals surface area contributed by atoms with Crippen LogP contribution in [0.1, 0.15) is 31.1 Å². The molecule has 0 N–H and O–H groups in total. The van der Waals surface area contributed by atoms with E-state index >= 15 is 0 Å². The summed E-state index contributed by atoms with van der Waals surface area (Å²) >= 11 is 0. The molecule has 2 aromatic rings. The third-order valence-electron chi connectivity index (χ3n) is 2.74. The van der Waals surface area contributed by atoms with Crippen molar-refractivity contribution in [3.05, 3.63) is 42.0 Å². The summed E-state index contributed by atoms with van der Waals surface area (Å²) < 4.78 is 10.9. The van der Waals surface area contributed by atoms with Crippen LogP contribution in [0.4, 0.5) is 0 Å². The van der Waals surface area contributed by atoms with Crippen molar-refractivity contribution in [3.63, 3.8) is 0 Å². The summed E-state index contributed by atoms with van der Waals surface area (Å²) in [6.07, 6.45) is -0.152. The van der Waals surface area contributed by atoms with E-state index in [9.17, 15) is 4.79 Å². The molecule has 0 atom stereocenters. The number of benzene rings is 2. The van der Waals surface area contributed by atoms with E-state index < -0.39 is 0 Å². The molecule has 100 valence electrons. The number of carbonyl (C=O) groups is 1. The minimum atomic E-state index is -0.338. The maximum atomic E-state index is 12.3. The molecule has 2 rings (SSSR count). The zero-order chi connectivity index (χ0) is 13.8. The second kappa shape index (κ2) is 5.74. The van der Waals surface area contributed by atoms with Crippen LogP contribution in [0.3, 0.4) is 0 Å². The van der Waals surface area contributed by atoms with E-state index in [1.807, 2.05) is 57.2 Å². The van der Waals surface area contributed by atoms with Crippen molar-refractivity contribution in [3.8, 4) is 5.75 Å². The summed E-state index contributed by atoms with van der Waals surface area (Å²) in [5.74, 6) is 0.238. The summed E-state index contributed by atoms with van der Waals surface area (Å²) in [7, 11) is 0. The SMILES string of the molecule is CCOc1ccc2ccccc2c1C(=O)OC(C)C. The highest BCUT2D eigenvalue weighted by molar-refractivity contribution is 6.07. The molecule has 0 saturated carbocycles. The van der Waals surface area contributed by atoms with Crippen molar-refractivity contribution in [2.24, 2.45) is 0 Å². The second-order valence-corrected chi connectivity index (χ2v) is 4.55. The van der Waals surface area contributed by atoms with Crippen LogP contribution in [0.5, 0.6) is 5.75 Å². The van der Waals surface area contributed by atoms with E-state index in [1.54, 1.807) is 0 Å². The molecule has 0 heterocycles. The molecule has 0 aliphatic carbocycles. The molecule has 0 aromatic heterocycles. The maximum Gasteiger partial charge on any atom is 0.342 e. The van der Waals surface area contributed by atoms with Gasteiger partial charge in [-0.05, 0) is 37.6 Å². The van der Waals surface area contributed by atoms with Crippen molar-refractivity contribution in [1.82, 2.24) is 0 Å². The van der Waals surface area contributed by atoms with E-state index in [0.29, 0.717) is 17.9 Å². The fraction of sp³-hybridized carbons (Fsp3) is 0.312. The van der Waals surface area contributed by atoms with E-state index in [-0.39, 0.29) is 12.1 Å². The van der Waals surface area contributed by atoms with Gasteiger partial charge in [0.2, 0.25) is 0 Å². The Morgan fingerprint density at radius 1 is 1.16 bits per heavy atom. The lowest BCUT2D eigenvalue weighted by molar-refractivity contribution is 0.0376. The standard InChI is InChI=1S/C16H18O3/c1-4-18-14-10-9-12-7-5-6-8-13(12)15(14)16(17)19-11(2)3/h5-11H,4H2,1-3H3. The lowest BCUT2D eigenvalue weighted by Gasteiger charge is -2.14. The molecule has 0 radical (unpaired) electrons. The molecule has 19 heavy (non-hydrogen) atoms. The van der Waals surface area contributed by atoms with Crippen LogP contribution in [0.2, 0.25) is 0 Å². The third kappa shape index (κ3) is 2.87. The highest BCUT2D eigenvalue weighted by Gasteiger charge is 2.18. The summed E-state index contributed by atoms with van der Waals surface area (Å²) in [5.41, 5.74) is 0.508. The van der Waals surface area contributed by atoms with Crippen LogP contribution in [0.15, 0.2) is 36.4 Å². The van der Waals surface area contributed by atoms with Crippen molar-refractivity contribution < 1.29 is 14.3 Å². The van der Waals surface area contributed by atoms with Crippen LogP contribution >= 0.6 is 0 Å². The first-order valence-corrected chi connectivity index (χ1v) is 6.49. The lowest BCUT2D eigenvalue weighted by Crippen LogP contribution is -2.13. The molecule has 0 fully saturated rings. The number of rotatable bonds is 4. The Morgan fingerprint density at radius 3 is 2.58 bits per heavy atom. The fourth-order valence-electron chi connectivity index (χ4n) is 2.01. The zero-order valence-corrected chi connectivity index (χ0v) is 11.5. The second-order valence-electron chi connectivity index (χ2n) is 4.55. The molecule has 0 amide bonds. The molecular weight excluding hydrogens is 240 g/mol. The van der Waals surface area contributed by atoms with E-state index in [0.717, 1.165) is 10.8 Å². The van der Waals surface area contributed by atoms with Gasteiger partial charge < -0.3 is 9.47 Å². The Bertz CT molecular complexity index is 588. The fourth-order valence-corrected chi connectivity index (χ4v) is 2.01. The molecule has 2 aromatic carbocycles. The van der Waals surface area contributed by atoms with Crippen LogP contribution in [-0.4, -0.2) is 18.7 Å². The van der Waals surface area contributed by atoms with Crippen molar-refractivity contribution in [2.45, 2.75) is 26.9 Å². The maximum absolute atomic E-state index is 12.3. The van der Waals surface area contributed by atoms with E-state index in [1.165, 1.54) is 0 Å². The molecule has 0 spiro atoms. The number of fused-ring (bicyclic) bond motifs is 1. The lowest BCUT2D eigenvalue weighted by atomic mass is 10.0. The highest BCUT2D eigenvalue weighted by atomic mass is 16.5. The van der Waals surface area contributed by atoms with Crippen LogP contribution in [-0.2, 0) is 4.74 Å². The third-order valence-corrected chi connectivity index (χ3v) is 2.74. The predicted octanol–water partition coefficient (Wildman–Crippen LogP) is 3.80. The minimum absolute atomic E-state index is 0.152. The monoisotopic (exact) mass is 258 g/mol. The van der Waals surface area contributed by atoms with Gasteiger partial charge in [-0.2, -0.15) is 0 Å². The quantitative estimate of drug-likeness (QED) is 0.782. The van der Waals surface area contributed by atoms with Crippen LogP contribution < -0.4 is 4.74 Å². The number of esters is 1. The van der Waals surface area contributed by atoms with Gasteiger partial charge in [0, 0.05) is 0 Å². The summed E-state index contributed by atoms with van der Waals surface area (Å²) in [6.45, 7) is 6.08. The Hall–Kier alpha value is -2.03. The Morgan fingerprint density at radius 2 is 1.89 bits per heavy atom. The van der Waals surface area contributed by atoms with Crippen LogP contribution in [0.25, 0.3) is 10.8 Å². The van der Waals surface area contributed by atoms with Gasteiger partial charge in [-0.15, -0.1) is 0 Å². The average molecular weight is 258 g/mol. The van der Waals surface area contributed by atoms with Gasteiger partial charge in [0.25, 0.3) is 0 Å². The van der Waals surface area contributed by atoms with Gasteiger partial charge in [-0.3, -0.25) is 0 Å². The van der Waals surface area contributed by atoms with Gasteiger partial charge in [0.05, 0.1) is 12.7 Å². The topological polar surface area (TPSA) is 35.5 Å². The normalized spacial score (nSPS) is 10.7. The summed E-state index contributed by atoms with van der Waals surface area (Å²) in [6, 6.07) is 11.5. The molecule has 0 aliphatic rings. The van der Waals surface area contributed by atoms with Crippen molar-refractivity contribution >= 4 is 16.7 Å².